The summed E-state index contributed by atoms with van der Waals surface area (Å²) in [7, 11) is 0. The van der Waals surface area contributed by atoms with E-state index in [0.717, 1.165) is 24.2 Å². The molecule has 1 aromatic heterocycles. The summed E-state index contributed by atoms with van der Waals surface area (Å²) in [5.41, 5.74) is 0.910. The minimum absolute atomic E-state index is 0.306. The summed E-state index contributed by atoms with van der Waals surface area (Å²) in [6, 6.07) is 8.69. The zero-order chi connectivity index (χ0) is 13.7. The average molecular weight is 282 g/mol. The average Bonchev–Trinajstić information content (AvgIpc) is 2.88. The first-order valence-electron chi connectivity index (χ1n) is 6.35. The number of nitrogens with one attached hydrogen (secondary N) is 1. The van der Waals surface area contributed by atoms with Crippen molar-refractivity contribution in [1.29, 1.82) is 0 Å². The summed E-state index contributed by atoms with van der Waals surface area (Å²) in [4.78, 5) is 0. The van der Waals surface area contributed by atoms with Gasteiger partial charge in [0.15, 0.2) is 0 Å². The molecule has 0 aliphatic rings. The number of halogens is 2. The number of hydrogen-bond acceptors (Lipinski definition) is 2. The molecule has 0 saturated heterocycles. The Morgan fingerprint density at radius 3 is 2.89 bits per heavy atom. The molecule has 2 nitrogen and oxygen atoms in total. The van der Waals surface area contributed by atoms with E-state index in [1.54, 1.807) is 12.3 Å². The van der Waals surface area contributed by atoms with Gasteiger partial charge in [-0.15, -0.1) is 0 Å². The molecular formula is C15H17ClFNO. The van der Waals surface area contributed by atoms with Gasteiger partial charge in [0.05, 0.1) is 6.26 Å². The Morgan fingerprint density at radius 2 is 2.21 bits per heavy atom. The maximum Gasteiger partial charge on any atom is 0.124 e. The molecule has 2 rings (SSSR count). The standard InChI is InChI=1S/C15H17ClFNO/c1-11(4-7-14-3-2-8-19-14)18-10-12-5-6-13(17)9-15(12)16/h2-3,5-6,8-9,11,18H,4,7,10H2,1H3. The molecule has 0 radical (unpaired) electrons. The summed E-state index contributed by atoms with van der Waals surface area (Å²) in [5.74, 6) is 0.688. The monoisotopic (exact) mass is 281 g/mol. The highest BCUT2D eigenvalue weighted by Gasteiger charge is 2.06. The lowest BCUT2D eigenvalue weighted by Crippen LogP contribution is -2.26. The van der Waals surface area contributed by atoms with Crippen LogP contribution < -0.4 is 5.32 Å². The van der Waals surface area contributed by atoms with Crippen LogP contribution in [0.3, 0.4) is 0 Å². The third kappa shape index (κ3) is 4.37. The van der Waals surface area contributed by atoms with E-state index >= 15 is 0 Å². The van der Waals surface area contributed by atoms with Crippen molar-refractivity contribution in [2.24, 2.45) is 0 Å². The van der Waals surface area contributed by atoms with Gasteiger partial charge in [-0.2, -0.15) is 0 Å². The van der Waals surface area contributed by atoms with Crippen LogP contribution in [0.1, 0.15) is 24.7 Å². The molecule has 1 heterocycles. The Hall–Kier alpha value is -1.32. The predicted molar refractivity (Wildman–Crippen MR) is 74.7 cm³/mol. The third-order valence-electron chi connectivity index (χ3n) is 3.06. The number of hydrogen-bond donors (Lipinski definition) is 1. The largest absolute Gasteiger partial charge is 0.469 e. The van der Waals surface area contributed by atoms with Crippen LogP contribution in [-0.2, 0) is 13.0 Å². The van der Waals surface area contributed by atoms with Gasteiger partial charge in [0.25, 0.3) is 0 Å². The normalized spacial score (nSPS) is 12.6. The molecule has 1 N–H and O–H groups in total. The smallest absolute Gasteiger partial charge is 0.124 e. The lowest BCUT2D eigenvalue weighted by Gasteiger charge is -2.13. The minimum atomic E-state index is -0.306. The van der Waals surface area contributed by atoms with Crippen LogP contribution in [0.4, 0.5) is 4.39 Å². The van der Waals surface area contributed by atoms with E-state index in [1.165, 1.54) is 12.1 Å². The summed E-state index contributed by atoms with van der Waals surface area (Å²) < 4.78 is 18.2. The summed E-state index contributed by atoms with van der Waals surface area (Å²) in [6.45, 7) is 2.75. The molecule has 0 saturated carbocycles. The maximum absolute atomic E-state index is 12.9. The number of benzene rings is 1. The van der Waals surface area contributed by atoms with Crippen LogP contribution in [0.2, 0.25) is 5.02 Å². The molecule has 4 heteroatoms. The van der Waals surface area contributed by atoms with Crippen molar-refractivity contribution in [2.45, 2.75) is 32.4 Å². The predicted octanol–water partition coefficient (Wildman–Crippen LogP) is 4.18. The number of furan rings is 1. The van der Waals surface area contributed by atoms with Crippen LogP contribution in [0.25, 0.3) is 0 Å². The van der Waals surface area contributed by atoms with Crippen LogP contribution in [0, 0.1) is 5.82 Å². The summed E-state index contributed by atoms with van der Waals surface area (Å²) in [5, 5.41) is 3.84. The van der Waals surface area contributed by atoms with Crippen LogP contribution in [0.15, 0.2) is 41.0 Å². The van der Waals surface area contributed by atoms with Crippen LogP contribution in [0.5, 0.6) is 0 Å². The quantitative estimate of drug-likeness (QED) is 0.859. The molecule has 0 amide bonds. The van der Waals surface area contributed by atoms with Crippen molar-refractivity contribution < 1.29 is 8.81 Å². The fourth-order valence-corrected chi connectivity index (χ4v) is 2.10. The van der Waals surface area contributed by atoms with Gasteiger partial charge in [-0.25, -0.2) is 4.39 Å². The van der Waals surface area contributed by atoms with Crippen molar-refractivity contribution in [1.82, 2.24) is 5.32 Å². The zero-order valence-electron chi connectivity index (χ0n) is 10.8. The fourth-order valence-electron chi connectivity index (χ4n) is 1.86. The first kappa shape index (κ1) is 14.1. The van der Waals surface area contributed by atoms with Crippen molar-refractivity contribution >= 4 is 11.6 Å². The molecule has 0 bridgehead atoms. The Balaban J connectivity index is 1.78. The number of rotatable bonds is 6. The van der Waals surface area contributed by atoms with E-state index in [1.807, 2.05) is 12.1 Å². The highest BCUT2D eigenvalue weighted by Crippen LogP contribution is 2.17. The van der Waals surface area contributed by atoms with Crippen LogP contribution in [-0.4, -0.2) is 6.04 Å². The molecule has 0 fully saturated rings. The van der Waals surface area contributed by atoms with Gasteiger partial charge in [-0.1, -0.05) is 17.7 Å². The first-order valence-corrected chi connectivity index (χ1v) is 6.72. The molecule has 1 atom stereocenters. The van der Waals surface area contributed by atoms with Gasteiger partial charge in [0, 0.05) is 24.0 Å². The maximum atomic E-state index is 12.9. The van der Waals surface area contributed by atoms with Crippen molar-refractivity contribution in [3.63, 3.8) is 0 Å². The Morgan fingerprint density at radius 1 is 1.37 bits per heavy atom. The highest BCUT2D eigenvalue weighted by atomic mass is 35.5. The van der Waals surface area contributed by atoms with Crippen molar-refractivity contribution in [3.05, 3.63) is 58.8 Å². The van der Waals surface area contributed by atoms with Crippen LogP contribution >= 0.6 is 11.6 Å². The highest BCUT2D eigenvalue weighted by molar-refractivity contribution is 6.31. The molecular weight excluding hydrogens is 265 g/mol. The molecule has 0 spiro atoms. The fraction of sp³-hybridized carbons (Fsp3) is 0.333. The Kier molecular flexibility index (Phi) is 5.00. The van der Waals surface area contributed by atoms with E-state index in [-0.39, 0.29) is 5.82 Å². The van der Waals surface area contributed by atoms with Gasteiger partial charge < -0.3 is 9.73 Å². The summed E-state index contributed by atoms with van der Waals surface area (Å²) in [6.07, 6.45) is 3.57. The molecule has 1 aromatic carbocycles. The molecule has 0 aliphatic heterocycles. The van der Waals surface area contributed by atoms with E-state index in [2.05, 4.69) is 12.2 Å². The molecule has 0 aliphatic carbocycles. The van der Waals surface area contributed by atoms with E-state index < -0.39 is 0 Å². The van der Waals surface area contributed by atoms with Gasteiger partial charge >= 0.3 is 0 Å². The van der Waals surface area contributed by atoms with Gasteiger partial charge in [0.1, 0.15) is 11.6 Å². The Bertz CT molecular complexity index is 513. The van der Waals surface area contributed by atoms with Crippen molar-refractivity contribution in [2.75, 3.05) is 0 Å². The molecule has 1 unspecified atom stereocenters. The molecule has 2 aromatic rings. The third-order valence-corrected chi connectivity index (χ3v) is 3.41. The van der Waals surface area contributed by atoms with Gasteiger partial charge in [-0.3, -0.25) is 0 Å². The topological polar surface area (TPSA) is 25.2 Å². The molecule has 102 valence electrons. The van der Waals surface area contributed by atoms with E-state index in [9.17, 15) is 4.39 Å². The lowest BCUT2D eigenvalue weighted by molar-refractivity contribution is 0.460. The SMILES string of the molecule is CC(CCc1ccco1)NCc1ccc(F)cc1Cl. The second kappa shape index (κ2) is 6.73. The van der Waals surface area contributed by atoms with E-state index in [0.29, 0.717) is 17.6 Å². The summed E-state index contributed by atoms with van der Waals surface area (Å²) >= 11 is 5.98. The lowest BCUT2D eigenvalue weighted by atomic mass is 10.1. The zero-order valence-corrected chi connectivity index (χ0v) is 11.6. The first-order chi connectivity index (χ1) is 9.15. The second-order valence-electron chi connectivity index (χ2n) is 4.64. The number of aryl methyl sites for hydroxylation is 1. The minimum Gasteiger partial charge on any atom is -0.469 e. The Labute approximate surface area is 117 Å². The van der Waals surface area contributed by atoms with E-state index in [4.69, 9.17) is 16.0 Å². The second-order valence-corrected chi connectivity index (χ2v) is 5.04. The van der Waals surface area contributed by atoms with Gasteiger partial charge in [0.2, 0.25) is 0 Å². The molecule has 19 heavy (non-hydrogen) atoms. The van der Waals surface area contributed by atoms with Crippen molar-refractivity contribution in [3.8, 4) is 0 Å². The van der Waals surface area contributed by atoms with Gasteiger partial charge in [-0.05, 0) is 43.2 Å².